The summed E-state index contributed by atoms with van der Waals surface area (Å²) < 4.78 is 0. The number of unbranched alkanes of at least 4 members (excludes halogenated alkanes) is 1. The summed E-state index contributed by atoms with van der Waals surface area (Å²) in [6.07, 6.45) is 4.33. The fraction of sp³-hybridized carbons (Fsp3) is 0.929. The Morgan fingerprint density at radius 2 is 2.00 bits per heavy atom. The number of carbonyl (C=O) groups is 1. The molecule has 0 saturated carbocycles. The Bertz CT molecular complexity index is 235. The number of likely N-dealkylation sites (tertiary alicyclic amines) is 1. The minimum Gasteiger partial charge on any atom is -0.338 e. The number of hydrogen-bond acceptors (Lipinski definition) is 2. The lowest BCUT2D eigenvalue weighted by atomic mass is 10.0. The van der Waals surface area contributed by atoms with Crippen molar-refractivity contribution in [1.29, 1.82) is 0 Å². The number of urea groups is 1. The van der Waals surface area contributed by atoms with Crippen LogP contribution in [0.15, 0.2) is 0 Å². The number of carbonyl (C=O) groups excluding carboxylic acids is 1. The molecule has 0 unspecified atom stereocenters. The molecule has 2 amide bonds. The van der Waals surface area contributed by atoms with E-state index in [4.69, 9.17) is 0 Å². The van der Waals surface area contributed by atoms with E-state index in [1.165, 1.54) is 6.54 Å². The lowest BCUT2D eigenvalue weighted by molar-refractivity contribution is 0.178. The topological polar surface area (TPSA) is 44.4 Å². The van der Waals surface area contributed by atoms with E-state index in [0.29, 0.717) is 6.04 Å². The molecule has 106 valence electrons. The Hall–Kier alpha value is -0.770. The van der Waals surface area contributed by atoms with Crippen molar-refractivity contribution in [3.8, 4) is 0 Å². The molecule has 1 fully saturated rings. The molecular weight excluding hydrogens is 226 g/mol. The van der Waals surface area contributed by atoms with Crippen molar-refractivity contribution >= 4 is 6.03 Å². The zero-order valence-electron chi connectivity index (χ0n) is 12.2. The first-order valence-electron chi connectivity index (χ1n) is 7.38. The molecule has 2 N–H and O–H groups in total. The van der Waals surface area contributed by atoms with Crippen molar-refractivity contribution < 1.29 is 4.79 Å². The quantitative estimate of drug-likeness (QED) is 0.715. The highest BCUT2D eigenvalue weighted by Crippen LogP contribution is 2.11. The maximum absolute atomic E-state index is 11.6. The van der Waals surface area contributed by atoms with Crippen molar-refractivity contribution in [2.45, 2.75) is 52.5 Å². The molecule has 0 bridgehead atoms. The van der Waals surface area contributed by atoms with Gasteiger partial charge < -0.3 is 15.5 Å². The molecule has 18 heavy (non-hydrogen) atoms. The molecule has 0 aliphatic carbocycles. The van der Waals surface area contributed by atoms with E-state index in [9.17, 15) is 4.79 Å². The van der Waals surface area contributed by atoms with E-state index < -0.39 is 0 Å². The molecule has 0 spiro atoms. The molecule has 4 nitrogen and oxygen atoms in total. The van der Waals surface area contributed by atoms with E-state index in [0.717, 1.165) is 51.2 Å². The lowest BCUT2D eigenvalue weighted by Gasteiger charge is -2.33. The van der Waals surface area contributed by atoms with Gasteiger partial charge in [-0.2, -0.15) is 0 Å². The Labute approximate surface area is 111 Å². The molecule has 0 aromatic carbocycles. The first kappa shape index (κ1) is 15.3. The molecule has 0 atom stereocenters. The predicted molar refractivity (Wildman–Crippen MR) is 75.7 cm³/mol. The molecule has 1 heterocycles. The van der Waals surface area contributed by atoms with Gasteiger partial charge in [0.15, 0.2) is 0 Å². The van der Waals surface area contributed by atoms with Crippen LogP contribution in [0.5, 0.6) is 0 Å². The second-order valence-corrected chi connectivity index (χ2v) is 5.72. The third kappa shape index (κ3) is 6.24. The fourth-order valence-corrected chi connectivity index (χ4v) is 2.39. The number of nitrogens with one attached hydrogen (secondary N) is 2. The summed E-state index contributed by atoms with van der Waals surface area (Å²) in [7, 11) is 0. The van der Waals surface area contributed by atoms with Crippen LogP contribution in [0, 0.1) is 5.92 Å². The number of rotatable bonds is 6. The van der Waals surface area contributed by atoms with Gasteiger partial charge >= 0.3 is 6.03 Å². The second-order valence-electron chi connectivity index (χ2n) is 5.72. The van der Waals surface area contributed by atoms with Crippen molar-refractivity contribution in [3.63, 3.8) is 0 Å². The normalized spacial score (nSPS) is 18.0. The van der Waals surface area contributed by atoms with Gasteiger partial charge in [-0.15, -0.1) is 0 Å². The standard InChI is InChI=1S/C14H29N3O/c1-4-5-8-15-14(18)16-13-6-9-17(10-7-13)11-12(2)3/h12-13H,4-11H2,1-3H3,(H2,15,16,18). The summed E-state index contributed by atoms with van der Waals surface area (Å²) in [6, 6.07) is 0.362. The Kier molecular flexibility index (Phi) is 7.09. The largest absolute Gasteiger partial charge is 0.338 e. The molecule has 1 rings (SSSR count). The van der Waals surface area contributed by atoms with E-state index in [1.54, 1.807) is 0 Å². The van der Waals surface area contributed by atoms with Crippen molar-refractivity contribution in [2.24, 2.45) is 5.92 Å². The van der Waals surface area contributed by atoms with Crippen LogP contribution in [0.2, 0.25) is 0 Å². The van der Waals surface area contributed by atoms with Gasteiger partial charge in [-0.25, -0.2) is 4.79 Å². The van der Waals surface area contributed by atoms with E-state index >= 15 is 0 Å². The van der Waals surface area contributed by atoms with Crippen LogP contribution >= 0.6 is 0 Å². The third-order valence-electron chi connectivity index (χ3n) is 3.36. The Morgan fingerprint density at radius 3 is 2.56 bits per heavy atom. The van der Waals surface area contributed by atoms with Gasteiger partial charge in [0.1, 0.15) is 0 Å². The fourth-order valence-electron chi connectivity index (χ4n) is 2.39. The summed E-state index contributed by atoms with van der Waals surface area (Å²) in [6.45, 7) is 10.8. The molecule has 1 aliphatic rings. The zero-order chi connectivity index (χ0) is 13.4. The number of amides is 2. The van der Waals surface area contributed by atoms with Gasteiger partial charge in [0.05, 0.1) is 0 Å². The minimum absolute atomic E-state index is 0.00533. The molecule has 4 heteroatoms. The highest BCUT2D eigenvalue weighted by molar-refractivity contribution is 5.74. The average Bonchev–Trinajstić information content (AvgIpc) is 2.31. The molecule has 0 radical (unpaired) electrons. The van der Waals surface area contributed by atoms with Crippen molar-refractivity contribution in [2.75, 3.05) is 26.2 Å². The maximum atomic E-state index is 11.6. The maximum Gasteiger partial charge on any atom is 0.315 e. The number of nitrogens with zero attached hydrogens (tertiary/aromatic N) is 1. The highest BCUT2D eigenvalue weighted by Gasteiger charge is 2.20. The summed E-state index contributed by atoms with van der Waals surface area (Å²) in [5.41, 5.74) is 0. The summed E-state index contributed by atoms with van der Waals surface area (Å²) in [5.74, 6) is 0.729. The van der Waals surface area contributed by atoms with Crippen molar-refractivity contribution in [3.05, 3.63) is 0 Å². The lowest BCUT2D eigenvalue weighted by Crippen LogP contribution is -2.48. The molecule has 1 saturated heterocycles. The minimum atomic E-state index is 0.00533. The average molecular weight is 255 g/mol. The van der Waals surface area contributed by atoms with Crippen LogP contribution in [-0.4, -0.2) is 43.2 Å². The van der Waals surface area contributed by atoms with Crippen LogP contribution in [0.25, 0.3) is 0 Å². The van der Waals surface area contributed by atoms with E-state index in [-0.39, 0.29) is 6.03 Å². The summed E-state index contributed by atoms with van der Waals surface area (Å²) in [4.78, 5) is 14.1. The Morgan fingerprint density at radius 1 is 1.33 bits per heavy atom. The smallest absolute Gasteiger partial charge is 0.315 e. The van der Waals surface area contributed by atoms with Crippen LogP contribution < -0.4 is 10.6 Å². The molecular formula is C14H29N3O. The Balaban J connectivity index is 2.13. The van der Waals surface area contributed by atoms with Crippen molar-refractivity contribution in [1.82, 2.24) is 15.5 Å². The molecule has 1 aliphatic heterocycles. The van der Waals surface area contributed by atoms with Gasteiger partial charge in [-0.1, -0.05) is 27.2 Å². The first-order valence-corrected chi connectivity index (χ1v) is 7.38. The number of piperidine rings is 1. The van der Waals surface area contributed by atoms with Crippen LogP contribution in [0.4, 0.5) is 4.79 Å². The van der Waals surface area contributed by atoms with Gasteiger partial charge in [0.25, 0.3) is 0 Å². The molecule has 0 aromatic heterocycles. The van der Waals surface area contributed by atoms with Gasteiger partial charge in [0.2, 0.25) is 0 Å². The van der Waals surface area contributed by atoms with Gasteiger partial charge in [0, 0.05) is 32.2 Å². The SMILES string of the molecule is CCCCNC(=O)NC1CCN(CC(C)C)CC1. The first-order chi connectivity index (χ1) is 8.61. The van der Waals surface area contributed by atoms with E-state index in [2.05, 4.69) is 36.3 Å². The summed E-state index contributed by atoms with van der Waals surface area (Å²) in [5, 5.41) is 5.99. The van der Waals surface area contributed by atoms with Gasteiger partial charge in [-0.3, -0.25) is 0 Å². The van der Waals surface area contributed by atoms with Gasteiger partial charge in [-0.05, 0) is 25.2 Å². The van der Waals surface area contributed by atoms with E-state index in [1.807, 2.05) is 0 Å². The van der Waals surface area contributed by atoms with Crippen LogP contribution in [0.3, 0.4) is 0 Å². The molecule has 0 aromatic rings. The third-order valence-corrected chi connectivity index (χ3v) is 3.36. The predicted octanol–water partition coefficient (Wildman–Crippen LogP) is 2.21. The zero-order valence-corrected chi connectivity index (χ0v) is 12.2. The second kappa shape index (κ2) is 8.35. The highest BCUT2D eigenvalue weighted by atomic mass is 16.2. The van der Waals surface area contributed by atoms with Crippen LogP contribution in [0.1, 0.15) is 46.5 Å². The van der Waals surface area contributed by atoms with Crippen LogP contribution in [-0.2, 0) is 0 Å². The monoisotopic (exact) mass is 255 g/mol. The summed E-state index contributed by atoms with van der Waals surface area (Å²) >= 11 is 0. The number of hydrogen-bond donors (Lipinski definition) is 2.